The summed E-state index contributed by atoms with van der Waals surface area (Å²) in [6, 6.07) is 15.6. The van der Waals surface area contributed by atoms with E-state index < -0.39 is 6.04 Å². The van der Waals surface area contributed by atoms with Crippen LogP contribution in [0.15, 0.2) is 48.5 Å². The highest BCUT2D eigenvalue weighted by molar-refractivity contribution is 5.77. The van der Waals surface area contributed by atoms with Gasteiger partial charge in [-0.1, -0.05) is 42.5 Å². The van der Waals surface area contributed by atoms with Crippen LogP contribution in [0.2, 0.25) is 0 Å². The Labute approximate surface area is 131 Å². The van der Waals surface area contributed by atoms with E-state index in [0.29, 0.717) is 13.0 Å². The molecule has 22 heavy (non-hydrogen) atoms. The summed E-state index contributed by atoms with van der Waals surface area (Å²) in [6.45, 7) is 2.12. The molecule has 0 radical (unpaired) electrons. The van der Waals surface area contributed by atoms with E-state index in [9.17, 15) is 4.79 Å². The first kappa shape index (κ1) is 16.0. The smallest absolute Gasteiger partial charge is 0.323 e. The van der Waals surface area contributed by atoms with Crippen molar-refractivity contribution >= 4 is 11.7 Å². The molecule has 1 atom stereocenters. The Morgan fingerprint density at radius 3 is 2.55 bits per heavy atom. The van der Waals surface area contributed by atoms with E-state index in [2.05, 4.69) is 23.5 Å². The number of esters is 1. The number of rotatable bonds is 6. The molecule has 2 aromatic rings. The van der Waals surface area contributed by atoms with Crippen molar-refractivity contribution in [1.29, 1.82) is 0 Å². The zero-order valence-electron chi connectivity index (χ0n) is 13.0. The number of benzene rings is 2. The molecule has 0 heterocycles. The van der Waals surface area contributed by atoms with Crippen LogP contribution in [-0.2, 0) is 16.0 Å². The Kier molecular flexibility index (Phi) is 5.55. The van der Waals surface area contributed by atoms with Gasteiger partial charge in [-0.2, -0.15) is 0 Å². The largest absolute Gasteiger partial charge is 0.465 e. The third kappa shape index (κ3) is 3.86. The molecule has 0 saturated carbocycles. The van der Waals surface area contributed by atoms with E-state index in [1.54, 1.807) is 6.92 Å². The molecule has 2 rings (SSSR count). The Bertz CT molecular complexity index is 626. The first-order valence-electron chi connectivity index (χ1n) is 7.44. The van der Waals surface area contributed by atoms with Gasteiger partial charge in [-0.05, 0) is 29.7 Å². The van der Waals surface area contributed by atoms with Crippen LogP contribution in [0.25, 0.3) is 11.1 Å². The first-order valence-corrected chi connectivity index (χ1v) is 7.44. The lowest BCUT2D eigenvalue weighted by Gasteiger charge is -2.15. The Morgan fingerprint density at radius 1 is 1.18 bits per heavy atom. The minimum absolute atomic E-state index is 0.346. The number of hydrogen-bond acceptors (Lipinski definition) is 4. The third-order valence-electron chi connectivity index (χ3n) is 3.52. The minimum atomic E-state index is -0.644. The number of ether oxygens (including phenoxy) is 1. The highest BCUT2D eigenvalue weighted by Crippen LogP contribution is 2.26. The summed E-state index contributed by atoms with van der Waals surface area (Å²) in [6.07, 6.45) is 0.448. The monoisotopic (exact) mass is 298 g/mol. The van der Waals surface area contributed by atoms with Gasteiger partial charge in [-0.15, -0.1) is 0 Å². The fraction of sp³-hybridized carbons (Fsp3) is 0.278. The van der Waals surface area contributed by atoms with Crippen LogP contribution >= 0.6 is 0 Å². The fourth-order valence-electron chi connectivity index (χ4n) is 2.37. The number of carbonyl (C=O) groups excluding carboxylic acids is 1. The molecule has 4 nitrogen and oxygen atoms in total. The summed E-state index contributed by atoms with van der Waals surface area (Å²) in [4.78, 5) is 11.7. The van der Waals surface area contributed by atoms with E-state index >= 15 is 0 Å². The van der Waals surface area contributed by atoms with Crippen molar-refractivity contribution in [2.75, 3.05) is 19.0 Å². The van der Waals surface area contributed by atoms with E-state index in [4.69, 9.17) is 10.5 Å². The fourth-order valence-corrected chi connectivity index (χ4v) is 2.37. The van der Waals surface area contributed by atoms with E-state index in [1.165, 1.54) is 0 Å². The van der Waals surface area contributed by atoms with Crippen molar-refractivity contribution in [3.05, 3.63) is 54.1 Å². The van der Waals surface area contributed by atoms with Crippen LogP contribution in [0.3, 0.4) is 0 Å². The van der Waals surface area contributed by atoms with Gasteiger partial charge in [-0.3, -0.25) is 4.79 Å². The quantitative estimate of drug-likeness (QED) is 0.805. The molecule has 0 spiro atoms. The van der Waals surface area contributed by atoms with E-state index in [0.717, 1.165) is 22.4 Å². The van der Waals surface area contributed by atoms with Gasteiger partial charge in [0.15, 0.2) is 0 Å². The lowest BCUT2D eigenvalue weighted by atomic mass is 9.99. The number of nitrogens with two attached hydrogens (primary N) is 1. The van der Waals surface area contributed by atoms with Gasteiger partial charge >= 0.3 is 5.97 Å². The highest BCUT2D eigenvalue weighted by Gasteiger charge is 2.17. The van der Waals surface area contributed by atoms with Crippen LogP contribution in [0.4, 0.5) is 5.69 Å². The summed E-state index contributed by atoms with van der Waals surface area (Å²) in [5.74, 6) is -0.364. The molecule has 1 unspecified atom stereocenters. The SMILES string of the molecule is CCOC(=O)C(N)Cc1ccc(-c2ccccc2)cc1NC. The highest BCUT2D eigenvalue weighted by atomic mass is 16.5. The van der Waals surface area contributed by atoms with Crippen LogP contribution in [0, 0.1) is 0 Å². The Morgan fingerprint density at radius 2 is 1.91 bits per heavy atom. The number of carbonyl (C=O) groups is 1. The van der Waals surface area contributed by atoms with Gasteiger partial charge in [0.25, 0.3) is 0 Å². The van der Waals surface area contributed by atoms with Crippen LogP contribution in [0.5, 0.6) is 0 Å². The second-order valence-corrected chi connectivity index (χ2v) is 5.05. The summed E-state index contributed by atoms with van der Waals surface area (Å²) in [5.41, 5.74) is 10.2. The topological polar surface area (TPSA) is 64.3 Å². The summed E-state index contributed by atoms with van der Waals surface area (Å²) in [7, 11) is 1.86. The average Bonchev–Trinajstić information content (AvgIpc) is 2.56. The third-order valence-corrected chi connectivity index (χ3v) is 3.52. The van der Waals surface area contributed by atoms with Gasteiger partial charge < -0.3 is 15.8 Å². The number of hydrogen-bond donors (Lipinski definition) is 2. The maximum Gasteiger partial charge on any atom is 0.323 e. The lowest BCUT2D eigenvalue weighted by molar-refractivity contribution is -0.144. The molecule has 0 aliphatic carbocycles. The van der Waals surface area contributed by atoms with Crippen molar-refractivity contribution in [2.45, 2.75) is 19.4 Å². The molecule has 0 fully saturated rings. The molecule has 0 aromatic heterocycles. The summed E-state index contributed by atoms with van der Waals surface area (Å²) in [5, 5.41) is 3.17. The average molecular weight is 298 g/mol. The molecule has 0 saturated heterocycles. The van der Waals surface area contributed by atoms with Crippen LogP contribution in [0.1, 0.15) is 12.5 Å². The van der Waals surface area contributed by atoms with Gasteiger partial charge in [-0.25, -0.2) is 0 Å². The van der Waals surface area contributed by atoms with Crippen molar-refractivity contribution in [2.24, 2.45) is 5.73 Å². The molecule has 0 aliphatic rings. The second-order valence-electron chi connectivity index (χ2n) is 5.05. The predicted octanol–water partition coefficient (Wildman–Crippen LogP) is 2.83. The predicted molar refractivity (Wildman–Crippen MR) is 89.7 cm³/mol. The Hall–Kier alpha value is -2.33. The maximum absolute atomic E-state index is 11.7. The van der Waals surface area contributed by atoms with Crippen molar-refractivity contribution in [1.82, 2.24) is 0 Å². The van der Waals surface area contributed by atoms with Gasteiger partial charge in [0, 0.05) is 19.2 Å². The molecule has 2 aromatic carbocycles. The zero-order chi connectivity index (χ0) is 15.9. The summed E-state index contributed by atoms with van der Waals surface area (Å²) >= 11 is 0. The molecule has 116 valence electrons. The van der Waals surface area contributed by atoms with Crippen molar-refractivity contribution < 1.29 is 9.53 Å². The Balaban J connectivity index is 2.21. The zero-order valence-corrected chi connectivity index (χ0v) is 13.0. The number of nitrogens with one attached hydrogen (secondary N) is 1. The van der Waals surface area contributed by atoms with Crippen LogP contribution in [-0.4, -0.2) is 25.7 Å². The molecular weight excluding hydrogens is 276 g/mol. The summed E-state index contributed by atoms with van der Waals surface area (Å²) < 4.78 is 4.96. The second kappa shape index (κ2) is 7.61. The van der Waals surface area contributed by atoms with E-state index in [-0.39, 0.29) is 5.97 Å². The van der Waals surface area contributed by atoms with Crippen LogP contribution < -0.4 is 11.1 Å². The molecule has 0 aliphatic heterocycles. The molecule has 0 amide bonds. The maximum atomic E-state index is 11.7. The number of anilines is 1. The van der Waals surface area contributed by atoms with E-state index in [1.807, 2.05) is 37.4 Å². The lowest BCUT2D eigenvalue weighted by Crippen LogP contribution is -2.34. The van der Waals surface area contributed by atoms with Crippen molar-refractivity contribution in [3.8, 4) is 11.1 Å². The molecule has 0 bridgehead atoms. The van der Waals surface area contributed by atoms with Gasteiger partial charge in [0.05, 0.1) is 6.61 Å². The molecule has 3 N–H and O–H groups in total. The minimum Gasteiger partial charge on any atom is -0.465 e. The van der Waals surface area contributed by atoms with Gasteiger partial charge in [0.1, 0.15) is 6.04 Å². The molecule has 4 heteroatoms. The normalized spacial score (nSPS) is 11.8. The first-order chi connectivity index (χ1) is 10.7. The molecular formula is C18H22N2O2. The van der Waals surface area contributed by atoms with Crippen molar-refractivity contribution in [3.63, 3.8) is 0 Å². The van der Waals surface area contributed by atoms with Gasteiger partial charge in [0.2, 0.25) is 0 Å². The standard InChI is InChI=1S/C18H22N2O2/c1-3-22-18(21)16(19)11-15-10-9-14(12-17(15)20-2)13-7-5-4-6-8-13/h4-10,12,16,20H,3,11,19H2,1-2H3.